The molecule has 0 radical (unpaired) electrons. The van der Waals surface area contributed by atoms with Gasteiger partial charge in [-0.3, -0.25) is 19.3 Å². The maximum absolute atomic E-state index is 12.7. The molecule has 0 aliphatic carbocycles. The zero-order chi connectivity index (χ0) is 20.3. The van der Waals surface area contributed by atoms with E-state index in [2.05, 4.69) is 5.32 Å². The molecule has 8 nitrogen and oxygen atoms in total. The second kappa shape index (κ2) is 7.99. The van der Waals surface area contributed by atoms with Crippen molar-refractivity contribution in [2.45, 2.75) is 12.8 Å². The highest BCUT2D eigenvalue weighted by Crippen LogP contribution is 2.40. The summed E-state index contributed by atoms with van der Waals surface area (Å²) in [5, 5.41) is 2.76. The topological polar surface area (TPSA) is 94.2 Å². The molecule has 3 rings (SSSR count). The van der Waals surface area contributed by atoms with Crippen LogP contribution >= 0.6 is 0 Å². The van der Waals surface area contributed by atoms with E-state index in [-0.39, 0.29) is 24.7 Å². The third kappa shape index (κ3) is 3.62. The fourth-order valence-electron chi connectivity index (χ4n) is 3.01. The number of carbonyl (C=O) groups excluding carboxylic acids is 3. The maximum Gasteiger partial charge on any atom is 0.255 e. The molecule has 1 N–H and O–H groups in total. The Balaban J connectivity index is 1.87. The van der Waals surface area contributed by atoms with E-state index in [1.165, 1.54) is 27.4 Å². The van der Waals surface area contributed by atoms with Crippen molar-refractivity contribution in [1.82, 2.24) is 0 Å². The number of imide groups is 1. The van der Waals surface area contributed by atoms with Crippen LogP contribution in [-0.4, -0.2) is 39.1 Å². The molecule has 8 heteroatoms. The Hall–Kier alpha value is -3.55. The van der Waals surface area contributed by atoms with E-state index in [1.807, 2.05) is 0 Å². The maximum atomic E-state index is 12.7. The summed E-state index contributed by atoms with van der Waals surface area (Å²) in [5.41, 5.74) is 1.13. The second-order valence-electron chi connectivity index (χ2n) is 6.04. The van der Waals surface area contributed by atoms with Gasteiger partial charge in [-0.15, -0.1) is 0 Å². The van der Waals surface area contributed by atoms with Crippen molar-refractivity contribution in [2.24, 2.45) is 0 Å². The first kappa shape index (κ1) is 19.2. The Bertz CT molecular complexity index is 899. The number of rotatable bonds is 6. The summed E-state index contributed by atoms with van der Waals surface area (Å²) in [6.07, 6.45) is 0.362. The van der Waals surface area contributed by atoms with Crippen molar-refractivity contribution in [2.75, 3.05) is 31.5 Å². The van der Waals surface area contributed by atoms with Crippen LogP contribution in [0.4, 0.5) is 11.4 Å². The SMILES string of the molecule is COc1cc(NC(=O)c2cccc(N3C(=O)CCC3=O)c2)cc(OC)c1OC. The summed E-state index contributed by atoms with van der Waals surface area (Å²) in [5.74, 6) is 0.268. The smallest absolute Gasteiger partial charge is 0.255 e. The molecule has 1 saturated heterocycles. The van der Waals surface area contributed by atoms with Crippen molar-refractivity contribution in [3.63, 3.8) is 0 Å². The Labute approximate surface area is 162 Å². The number of nitrogens with zero attached hydrogens (tertiary/aromatic N) is 1. The molecule has 0 aromatic heterocycles. The average Bonchev–Trinajstić information content (AvgIpc) is 3.05. The molecule has 1 aliphatic rings. The van der Waals surface area contributed by atoms with Crippen molar-refractivity contribution in [3.8, 4) is 17.2 Å². The van der Waals surface area contributed by atoms with Gasteiger partial charge in [0.25, 0.3) is 5.91 Å². The van der Waals surface area contributed by atoms with Crippen LogP contribution in [0.15, 0.2) is 36.4 Å². The number of methoxy groups -OCH3 is 3. The molecule has 0 unspecified atom stereocenters. The van der Waals surface area contributed by atoms with Crippen LogP contribution in [0, 0.1) is 0 Å². The minimum absolute atomic E-state index is 0.181. The van der Waals surface area contributed by atoms with E-state index in [4.69, 9.17) is 14.2 Å². The van der Waals surface area contributed by atoms with E-state index in [9.17, 15) is 14.4 Å². The van der Waals surface area contributed by atoms with Crippen LogP contribution in [0.5, 0.6) is 17.2 Å². The fraction of sp³-hybridized carbons (Fsp3) is 0.250. The van der Waals surface area contributed by atoms with Gasteiger partial charge in [-0.1, -0.05) is 6.07 Å². The molecule has 28 heavy (non-hydrogen) atoms. The van der Waals surface area contributed by atoms with Gasteiger partial charge in [0.05, 0.1) is 27.0 Å². The molecule has 1 fully saturated rings. The van der Waals surface area contributed by atoms with Crippen molar-refractivity contribution in [1.29, 1.82) is 0 Å². The lowest BCUT2D eigenvalue weighted by Crippen LogP contribution is -2.28. The second-order valence-corrected chi connectivity index (χ2v) is 6.04. The first-order chi connectivity index (χ1) is 13.5. The number of nitrogens with one attached hydrogen (secondary N) is 1. The van der Waals surface area contributed by atoms with E-state index >= 15 is 0 Å². The lowest BCUT2D eigenvalue weighted by Gasteiger charge is -2.16. The summed E-state index contributed by atoms with van der Waals surface area (Å²) in [4.78, 5) is 37.6. The summed E-state index contributed by atoms with van der Waals surface area (Å²) in [6, 6.07) is 9.57. The standard InChI is InChI=1S/C20H20N2O6/c1-26-15-10-13(11-16(27-2)19(15)28-3)21-20(25)12-5-4-6-14(9-12)22-17(23)7-8-18(22)24/h4-6,9-11H,7-8H2,1-3H3,(H,21,25). The van der Waals surface area contributed by atoms with Gasteiger partial charge in [-0.25, -0.2) is 0 Å². The fourth-order valence-corrected chi connectivity index (χ4v) is 3.01. The molecule has 1 heterocycles. The predicted molar refractivity (Wildman–Crippen MR) is 102 cm³/mol. The van der Waals surface area contributed by atoms with E-state index in [0.29, 0.717) is 34.2 Å². The largest absolute Gasteiger partial charge is 0.493 e. The van der Waals surface area contributed by atoms with Gasteiger partial charge in [0, 0.05) is 36.2 Å². The van der Waals surface area contributed by atoms with Crippen molar-refractivity contribution >= 4 is 29.1 Å². The minimum atomic E-state index is -0.407. The molecule has 146 valence electrons. The average molecular weight is 384 g/mol. The quantitative estimate of drug-likeness (QED) is 0.770. The molecular weight excluding hydrogens is 364 g/mol. The van der Waals surface area contributed by atoms with Crippen molar-refractivity contribution in [3.05, 3.63) is 42.0 Å². The van der Waals surface area contributed by atoms with Crippen LogP contribution in [-0.2, 0) is 9.59 Å². The van der Waals surface area contributed by atoms with Gasteiger partial charge in [0.2, 0.25) is 17.6 Å². The molecule has 0 atom stereocenters. The highest BCUT2D eigenvalue weighted by atomic mass is 16.5. The van der Waals surface area contributed by atoms with Gasteiger partial charge in [0.15, 0.2) is 11.5 Å². The van der Waals surface area contributed by atoms with Crippen LogP contribution in [0.2, 0.25) is 0 Å². The van der Waals surface area contributed by atoms with Crippen LogP contribution in [0.1, 0.15) is 23.2 Å². The predicted octanol–water partition coefficient (Wildman–Crippen LogP) is 2.62. The number of ether oxygens (including phenoxy) is 3. The minimum Gasteiger partial charge on any atom is -0.493 e. The molecule has 0 saturated carbocycles. The Kier molecular flexibility index (Phi) is 5.49. The first-order valence-corrected chi connectivity index (χ1v) is 8.55. The summed E-state index contributed by atoms with van der Waals surface area (Å²) >= 11 is 0. The Morgan fingerprint density at radius 3 is 2.07 bits per heavy atom. The zero-order valence-electron chi connectivity index (χ0n) is 15.8. The van der Waals surface area contributed by atoms with E-state index < -0.39 is 5.91 Å². The first-order valence-electron chi connectivity index (χ1n) is 8.55. The van der Waals surface area contributed by atoms with E-state index in [1.54, 1.807) is 30.3 Å². The monoisotopic (exact) mass is 384 g/mol. The van der Waals surface area contributed by atoms with Gasteiger partial charge in [0.1, 0.15) is 0 Å². The van der Waals surface area contributed by atoms with Gasteiger partial charge >= 0.3 is 0 Å². The molecule has 3 amide bonds. The normalized spacial score (nSPS) is 13.5. The summed E-state index contributed by atoms with van der Waals surface area (Å²) in [6.45, 7) is 0. The molecule has 2 aromatic rings. The van der Waals surface area contributed by atoms with Gasteiger partial charge in [-0.05, 0) is 18.2 Å². The highest BCUT2D eigenvalue weighted by Gasteiger charge is 2.30. The number of hydrogen-bond donors (Lipinski definition) is 1. The zero-order valence-corrected chi connectivity index (χ0v) is 15.8. The molecule has 1 aliphatic heterocycles. The van der Waals surface area contributed by atoms with Crippen molar-refractivity contribution < 1.29 is 28.6 Å². The van der Waals surface area contributed by atoms with Crippen LogP contribution in [0.25, 0.3) is 0 Å². The van der Waals surface area contributed by atoms with Gasteiger partial charge in [-0.2, -0.15) is 0 Å². The van der Waals surface area contributed by atoms with Gasteiger partial charge < -0.3 is 19.5 Å². The number of benzene rings is 2. The van der Waals surface area contributed by atoms with E-state index in [0.717, 1.165) is 4.90 Å². The molecule has 2 aromatic carbocycles. The van der Waals surface area contributed by atoms with Crippen LogP contribution < -0.4 is 24.4 Å². The summed E-state index contributed by atoms with van der Waals surface area (Å²) in [7, 11) is 4.46. The summed E-state index contributed by atoms with van der Waals surface area (Å²) < 4.78 is 15.8. The number of carbonyl (C=O) groups is 3. The molecule has 0 bridgehead atoms. The number of anilines is 2. The third-order valence-corrected chi connectivity index (χ3v) is 4.34. The molecule has 0 spiro atoms. The molecular formula is C20H20N2O6. The Morgan fingerprint density at radius 1 is 0.929 bits per heavy atom. The Morgan fingerprint density at radius 2 is 1.54 bits per heavy atom. The number of hydrogen-bond acceptors (Lipinski definition) is 6. The number of amides is 3. The third-order valence-electron chi connectivity index (χ3n) is 4.34. The van der Waals surface area contributed by atoms with Crippen LogP contribution in [0.3, 0.4) is 0 Å². The lowest BCUT2D eigenvalue weighted by molar-refractivity contribution is -0.121. The highest BCUT2D eigenvalue weighted by molar-refractivity contribution is 6.20. The lowest BCUT2D eigenvalue weighted by atomic mass is 10.1.